The van der Waals surface area contributed by atoms with E-state index in [1.165, 1.54) is 11.3 Å². The van der Waals surface area contributed by atoms with Gasteiger partial charge in [-0.15, -0.1) is 11.3 Å². The van der Waals surface area contributed by atoms with E-state index in [1.54, 1.807) is 0 Å². The number of hydrogen-bond donors (Lipinski definition) is 1. The van der Waals surface area contributed by atoms with Gasteiger partial charge in [0.05, 0.1) is 14.8 Å². The van der Waals surface area contributed by atoms with Gasteiger partial charge in [0.1, 0.15) is 0 Å². The van der Waals surface area contributed by atoms with Crippen molar-refractivity contribution < 1.29 is 9.53 Å². The van der Waals surface area contributed by atoms with Gasteiger partial charge >= 0.3 is 0 Å². The first-order chi connectivity index (χ1) is 11.1. The molecule has 1 aromatic rings. The van der Waals surface area contributed by atoms with E-state index >= 15 is 0 Å². The van der Waals surface area contributed by atoms with E-state index in [0.717, 1.165) is 61.7 Å². The SMILES string of the molecule is NCCCOC1CCN(C(=O)CCCc2cc(Cl)sc2Cl)CC1. The number of piperidine rings is 1. The minimum Gasteiger partial charge on any atom is -0.378 e. The number of carbonyl (C=O) groups is 1. The molecule has 2 N–H and O–H groups in total. The molecule has 1 fully saturated rings. The van der Waals surface area contributed by atoms with Crippen molar-refractivity contribution in [2.24, 2.45) is 5.73 Å². The lowest BCUT2D eigenvalue weighted by Crippen LogP contribution is -2.41. The van der Waals surface area contributed by atoms with Crippen molar-refractivity contribution in [3.63, 3.8) is 0 Å². The van der Waals surface area contributed by atoms with Crippen LogP contribution in [0.25, 0.3) is 0 Å². The second kappa shape index (κ2) is 9.84. The molecule has 0 aromatic carbocycles. The number of thiophene rings is 1. The van der Waals surface area contributed by atoms with Crippen LogP contribution in [-0.2, 0) is 16.0 Å². The van der Waals surface area contributed by atoms with Crippen LogP contribution in [0.15, 0.2) is 6.07 Å². The molecule has 2 rings (SSSR count). The molecule has 1 aromatic heterocycles. The number of nitrogens with two attached hydrogens (primary N) is 1. The fraction of sp³-hybridized carbons (Fsp3) is 0.688. The van der Waals surface area contributed by atoms with Crippen molar-refractivity contribution in [2.45, 2.75) is 44.6 Å². The summed E-state index contributed by atoms with van der Waals surface area (Å²) in [4.78, 5) is 14.2. The van der Waals surface area contributed by atoms with Crippen molar-refractivity contribution in [3.05, 3.63) is 20.3 Å². The van der Waals surface area contributed by atoms with E-state index in [2.05, 4.69) is 0 Å². The minimum absolute atomic E-state index is 0.225. The fourth-order valence-corrected chi connectivity index (χ4v) is 4.28. The van der Waals surface area contributed by atoms with Gasteiger partial charge in [-0.1, -0.05) is 23.2 Å². The maximum atomic E-state index is 12.3. The molecule has 0 saturated carbocycles. The Morgan fingerprint density at radius 3 is 2.70 bits per heavy atom. The normalized spacial score (nSPS) is 16.0. The molecule has 7 heteroatoms. The molecule has 1 aliphatic rings. The number of hydrogen-bond acceptors (Lipinski definition) is 4. The summed E-state index contributed by atoms with van der Waals surface area (Å²) in [5.74, 6) is 0.225. The largest absolute Gasteiger partial charge is 0.378 e. The molecule has 23 heavy (non-hydrogen) atoms. The number of likely N-dealkylation sites (tertiary alicyclic amines) is 1. The van der Waals surface area contributed by atoms with E-state index < -0.39 is 0 Å². The molecule has 4 nitrogen and oxygen atoms in total. The van der Waals surface area contributed by atoms with Crippen molar-refractivity contribution >= 4 is 40.4 Å². The van der Waals surface area contributed by atoms with Crippen molar-refractivity contribution in [3.8, 4) is 0 Å². The van der Waals surface area contributed by atoms with Crippen LogP contribution >= 0.6 is 34.5 Å². The summed E-state index contributed by atoms with van der Waals surface area (Å²) < 4.78 is 7.20. The Morgan fingerprint density at radius 2 is 2.09 bits per heavy atom. The molecule has 0 spiro atoms. The predicted octanol–water partition coefficient (Wildman–Crippen LogP) is 3.73. The Bertz CT molecular complexity index is 502. The van der Waals surface area contributed by atoms with E-state index in [9.17, 15) is 4.79 Å². The molecule has 1 aliphatic heterocycles. The first-order valence-corrected chi connectivity index (χ1v) is 9.70. The van der Waals surface area contributed by atoms with Crippen molar-refractivity contribution in [1.29, 1.82) is 0 Å². The van der Waals surface area contributed by atoms with Gasteiger partial charge in [-0.2, -0.15) is 0 Å². The van der Waals surface area contributed by atoms with Crippen LogP contribution in [0, 0.1) is 0 Å². The van der Waals surface area contributed by atoms with Gasteiger partial charge in [0.15, 0.2) is 0 Å². The number of ether oxygens (including phenoxy) is 1. The minimum atomic E-state index is 0.225. The topological polar surface area (TPSA) is 55.6 Å². The zero-order valence-corrected chi connectivity index (χ0v) is 15.6. The zero-order chi connectivity index (χ0) is 16.7. The second-order valence-corrected chi connectivity index (χ2v) is 8.08. The zero-order valence-electron chi connectivity index (χ0n) is 13.2. The van der Waals surface area contributed by atoms with Gasteiger partial charge in [-0.05, 0) is 50.3 Å². The Labute approximate surface area is 151 Å². The summed E-state index contributed by atoms with van der Waals surface area (Å²) in [7, 11) is 0. The van der Waals surface area contributed by atoms with Crippen LogP contribution in [-0.4, -0.2) is 43.2 Å². The van der Waals surface area contributed by atoms with Gasteiger partial charge in [-0.25, -0.2) is 0 Å². The lowest BCUT2D eigenvalue weighted by atomic mass is 10.1. The number of halogens is 2. The Hall–Kier alpha value is -0.330. The number of aryl methyl sites for hydroxylation is 1. The highest BCUT2D eigenvalue weighted by Crippen LogP contribution is 2.32. The lowest BCUT2D eigenvalue weighted by Gasteiger charge is -2.32. The third-order valence-corrected chi connectivity index (χ3v) is 5.63. The number of nitrogens with zero attached hydrogens (tertiary/aromatic N) is 1. The van der Waals surface area contributed by atoms with Gasteiger partial charge in [0, 0.05) is 26.1 Å². The number of carbonyl (C=O) groups excluding carboxylic acids is 1. The molecule has 130 valence electrons. The Kier molecular flexibility index (Phi) is 8.13. The van der Waals surface area contributed by atoms with E-state index in [1.807, 2.05) is 11.0 Å². The highest BCUT2D eigenvalue weighted by molar-refractivity contribution is 7.20. The first kappa shape index (κ1) is 19.0. The fourth-order valence-electron chi connectivity index (χ4n) is 2.74. The maximum absolute atomic E-state index is 12.3. The van der Waals surface area contributed by atoms with Crippen LogP contribution in [0.4, 0.5) is 0 Å². The van der Waals surface area contributed by atoms with Gasteiger partial charge < -0.3 is 15.4 Å². The highest BCUT2D eigenvalue weighted by Gasteiger charge is 2.22. The maximum Gasteiger partial charge on any atom is 0.222 e. The average Bonchev–Trinajstić information content (AvgIpc) is 2.86. The molecule has 0 aliphatic carbocycles. The van der Waals surface area contributed by atoms with Crippen molar-refractivity contribution in [2.75, 3.05) is 26.2 Å². The van der Waals surface area contributed by atoms with Gasteiger partial charge in [0.2, 0.25) is 5.91 Å². The molecule has 0 atom stereocenters. The lowest BCUT2D eigenvalue weighted by molar-refractivity contribution is -0.133. The number of amides is 1. The van der Waals surface area contributed by atoms with E-state index in [-0.39, 0.29) is 12.0 Å². The standard InChI is InChI=1S/C16H24Cl2N2O2S/c17-14-11-12(16(18)23-14)3-1-4-15(21)20-8-5-13(6-9-20)22-10-2-7-19/h11,13H,1-10,19H2. The summed E-state index contributed by atoms with van der Waals surface area (Å²) in [6, 6.07) is 1.89. The summed E-state index contributed by atoms with van der Waals surface area (Å²) >= 11 is 13.4. The van der Waals surface area contributed by atoms with Crippen LogP contribution in [0.2, 0.25) is 8.67 Å². The van der Waals surface area contributed by atoms with Crippen molar-refractivity contribution in [1.82, 2.24) is 4.90 Å². The molecule has 2 heterocycles. The third kappa shape index (κ3) is 6.24. The molecule has 0 radical (unpaired) electrons. The summed E-state index contributed by atoms with van der Waals surface area (Å²) in [6.45, 7) is 2.96. The summed E-state index contributed by atoms with van der Waals surface area (Å²) in [6.07, 6.45) is 5.17. The van der Waals surface area contributed by atoms with Crippen LogP contribution in [0.1, 0.15) is 37.7 Å². The molecule has 1 saturated heterocycles. The summed E-state index contributed by atoms with van der Waals surface area (Å²) in [5, 5.41) is 0. The molecule has 0 bridgehead atoms. The van der Waals surface area contributed by atoms with Crippen LogP contribution in [0.5, 0.6) is 0 Å². The molecular weight excluding hydrogens is 355 g/mol. The smallest absolute Gasteiger partial charge is 0.222 e. The third-order valence-electron chi connectivity index (χ3n) is 4.06. The predicted molar refractivity (Wildman–Crippen MR) is 96.5 cm³/mol. The Morgan fingerprint density at radius 1 is 1.35 bits per heavy atom. The molecular formula is C16H24Cl2N2O2S. The van der Waals surface area contributed by atoms with Gasteiger partial charge in [-0.3, -0.25) is 4.79 Å². The molecule has 0 unspecified atom stereocenters. The average molecular weight is 379 g/mol. The summed E-state index contributed by atoms with van der Waals surface area (Å²) in [5.41, 5.74) is 6.50. The second-order valence-electron chi connectivity index (χ2n) is 5.80. The van der Waals surface area contributed by atoms with Crippen LogP contribution in [0.3, 0.4) is 0 Å². The number of rotatable bonds is 8. The van der Waals surface area contributed by atoms with E-state index in [4.69, 9.17) is 33.7 Å². The first-order valence-electron chi connectivity index (χ1n) is 8.13. The molecule has 1 amide bonds. The highest BCUT2D eigenvalue weighted by atomic mass is 35.5. The van der Waals surface area contributed by atoms with E-state index in [0.29, 0.717) is 17.3 Å². The van der Waals surface area contributed by atoms with Gasteiger partial charge in [0.25, 0.3) is 0 Å². The monoisotopic (exact) mass is 378 g/mol. The Balaban J connectivity index is 1.64. The van der Waals surface area contributed by atoms with Crippen LogP contribution < -0.4 is 5.73 Å². The quantitative estimate of drug-likeness (QED) is 0.701.